The van der Waals surface area contributed by atoms with Gasteiger partial charge in [0.15, 0.2) is 0 Å². The molecule has 1 aliphatic heterocycles. The minimum Gasteiger partial charge on any atom is -0.314 e. The average molecular weight is 179 g/mol. The predicted octanol–water partition coefficient (Wildman–Crippen LogP) is 1.88. The Morgan fingerprint density at radius 2 is 2.50 bits per heavy atom. The van der Waals surface area contributed by atoms with E-state index in [1.807, 2.05) is 5.38 Å². The monoisotopic (exact) mass is 179 g/mol. The Morgan fingerprint density at radius 3 is 3.42 bits per heavy atom. The fourth-order valence-electron chi connectivity index (χ4n) is 1.12. The van der Waals surface area contributed by atoms with E-state index in [0.29, 0.717) is 0 Å². The molecule has 0 saturated carbocycles. The summed E-state index contributed by atoms with van der Waals surface area (Å²) in [5.74, 6) is 5.13. The summed E-state index contributed by atoms with van der Waals surface area (Å²) in [4.78, 5) is 11.0. The number of nitrogens with one attached hydrogen (secondary N) is 1. The number of thiophene rings is 1. The molecule has 3 heteroatoms. The van der Waals surface area contributed by atoms with Gasteiger partial charge in [0, 0.05) is 13.2 Å². The topological polar surface area (TPSA) is 29.1 Å². The number of fused-ring (bicyclic) bond motifs is 1. The van der Waals surface area contributed by atoms with Crippen LogP contribution in [0.1, 0.15) is 13.4 Å². The molecule has 0 aromatic carbocycles. The van der Waals surface area contributed by atoms with Gasteiger partial charge >= 0.3 is 0 Å². The highest BCUT2D eigenvalue weighted by atomic mass is 32.1. The van der Waals surface area contributed by atoms with Gasteiger partial charge in [0.25, 0.3) is 5.91 Å². The van der Waals surface area contributed by atoms with E-state index in [0.717, 1.165) is 18.5 Å². The third-order valence-corrected chi connectivity index (χ3v) is 2.50. The molecule has 1 amide bonds. The van der Waals surface area contributed by atoms with E-state index in [4.69, 9.17) is 0 Å². The summed E-state index contributed by atoms with van der Waals surface area (Å²) in [5, 5.41) is 6.74. The second-order valence-corrected chi connectivity index (χ2v) is 3.31. The normalized spacial score (nSPS) is 14.8. The fraction of sp³-hybridized carbons (Fsp3) is 0.222. The van der Waals surface area contributed by atoms with Gasteiger partial charge in [-0.1, -0.05) is 5.92 Å². The molecule has 0 bridgehead atoms. The lowest BCUT2D eigenvalue weighted by Gasteiger charge is -2.03. The first kappa shape index (κ1) is 7.38. The van der Waals surface area contributed by atoms with Crippen LogP contribution in [-0.2, 0) is 11.2 Å². The van der Waals surface area contributed by atoms with E-state index in [1.54, 1.807) is 11.3 Å². The highest BCUT2D eigenvalue weighted by molar-refractivity contribution is 7.08. The number of carbonyl (C=O) groups excluding carboxylic acids is 1. The standard InChI is InChI=1S/C9H7NOS.H2/c11-9-4-2-1-3-7-5-12-6-8(7)10-9;/h5-6H,1,3H2,(H,10,11);1H. The molecule has 0 radical (unpaired) electrons. The second kappa shape index (κ2) is 3.00. The van der Waals surface area contributed by atoms with Crippen LogP contribution >= 0.6 is 11.3 Å². The molecule has 2 nitrogen and oxygen atoms in total. The zero-order valence-electron chi connectivity index (χ0n) is 6.39. The SMILES string of the molecule is O=C1C#CCCc2cscc2N1.[HH]. The van der Waals surface area contributed by atoms with E-state index >= 15 is 0 Å². The molecule has 0 fully saturated rings. The summed E-state index contributed by atoms with van der Waals surface area (Å²) in [6.07, 6.45) is 1.71. The number of rotatable bonds is 0. The van der Waals surface area contributed by atoms with Gasteiger partial charge in [-0.25, -0.2) is 0 Å². The van der Waals surface area contributed by atoms with Gasteiger partial charge < -0.3 is 5.32 Å². The van der Waals surface area contributed by atoms with Crippen LogP contribution in [0.15, 0.2) is 10.8 Å². The zero-order valence-corrected chi connectivity index (χ0v) is 7.20. The maximum atomic E-state index is 11.0. The fourth-order valence-corrected chi connectivity index (χ4v) is 1.94. The van der Waals surface area contributed by atoms with Crippen LogP contribution in [0, 0.1) is 11.8 Å². The number of aryl methyl sites for hydroxylation is 1. The highest BCUT2D eigenvalue weighted by Crippen LogP contribution is 2.22. The van der Waals surface area contributed by atoms with Crippen molar-refractivity contribution in [1.82, 2.24) is 0 Å². The van der Waals surface area contributed by atoms with Gasteiger partial charge in [-0.2, -0.15) is 0 Å². The average Bonchev–Trinajstić information content (AvgIpc) is 2.42. The van der Waals surface area contributed by atoms with E-state index < -0.39 is 0 Å². The molecule has 0 atom stereocenters. The highest BCUT2D eigenvalue weighted by Gasteiger charge is 2.07. The van der Waals surface area contributed by atoms with Crippen LogP contribution in [0.2, 0.25) is 0 Å². The van der Waals surface area contributed by atoms with Crippen molar-refractivity contribution < 1.29 is 6.22 Å². The van der Waals surface area contributed by atoms with Gasteiger partial charge in [-0.05, 0) is 23.3 Å². The van der Waals surface area contributed by atoms with Gasteiger partial charge in [-0.15, -0.1) is 11.3 Å². The molecule has 1 N–H and O–H groups in total. The first-order chi connectivity index (χ1) is 5.86. The first-order valence-corrected chi connectivity index (χ1v) is 4.65. The molecule has 2 heterocycles. The van der Waals surface area contributed by atoms with Gasteiger partial charge in [0.05, 0.1) is 5.69 Å². The molecule has 1 aromatic heterocycles. The lowest BCUT2D eigenvalue weighted by atomic mass is 10.1. The molecule has 12 heavy (non-hydrogen) atoms. The van der Waals surface area contributed by atoms with Crippen LogP contribution in [0.5, 0.6) is 0 Å². The number of hydrogen-bond acceptors (Lipinski definition) is 2. The smallest absolute Gasteiger partial charge is 0.300 e. The summed E-state index contributed by atoms with van der Waals surface area (Å²) in [7, 11) is 0. The minimum atomic E-state index is -0.200. The molecule has 62 valence electrons. The lowest BCUT2D eigenvalue weighted by molar-refractivity contribution is -0.111. The molecule has 1 aliphatic rings. The Balaban J connectivity index is 0.000000845. The van der Waals surface area contributed by atoms with Crippen LogP contribution < -0.4 is 5.32 Å². The summed E-state index contributed by atoms with van der Waals surface area (Å²) < 4.78 is 0. The van der Waals surface area contributed by atoms with Crippen molar-refractivity contribution in [3.63, 3.8) is 0 Å². The van der Waals surface area contributed by atoms with Crippen molar-refractivity contribution in [1.29, 1.82) is 0 Å². The number of carbonyl (C=O) groups is 1. The van der Waals surface area contributed by atoms with E-state index in [-0.39, 0.29) is 7.33 Å². The quantitative estimate of drug-likeness (QED) is 0.605. The van der Waals surface area contributed by atoms with Gasteiger partial charge in [0.2, 0.25) is 0 Å². The van der Waals surface area contributed by atoms with Crippen molar-refractivity contribution in [3.05, 3.63) is 16.3 Å². The van der Waals surface area contributed by atoms with Crippen molar-refractivity contribution >= 4 is 22.9 Å². The molecule has 2 rings (SSSR count). The van der Waals surface area contributed by atoms with Crippen molar-refractivity contribution in [2.45, 2.75) is 12.8 Å². The summed E-state index contributed by atoms with van der Waals surface area (Å²) in [5.41, 5.74) is 2.13. The molecular weight excluding hydrogens is 170 g/mol. The van der Waals surface area contributed by atoms with Crippen molar-refractivity contribution in [2.24, 2.45) is 0 Å². The molecule has 0 unspecified atom stereocenters. The van der Waals surface area contributed by atoms with Crippen molar-refractivity contribution in [2.75, 3.05) is 5.32 Å². The molecule has 1 aromatic rings. The Labute approximate surface area is 76.1 Å². The van der Waals surface area contributed by atoms with E-state index in [2.05, 4.69) is 22.5 Å². The maximum Gasteiger partial charge on any atom is 0.300 e. The maximum absolute atomic E-state index is 11.0. The number of amides is 1. The Morgan fingerprint density at radius 1 is 1.58 bits per heavy atom. The summed E-state index contributed by atoms with van der Waals surface area (Å²) in [6, 6.07) is 0. The third kappa shape index (κ3) is 1.34. The number of anilines is 1. The second-order valence-electron chi connectivity index (χ2n) is 2.57. The first-order valence-electron chi connectivity index (χ1n) is 3.71. The van der Waals surface area contributed by atoms with Crippen LogP contribution in [0.4, 0.5) is 5.69 Å². The van der Waals surface area contributed by atoms with Crippen LogP contribution in [-0.4, -0.2) is 5.91 Å². The summed E-state index contributed by atoms with van der Waals surface area (Å²) in [6.45, 7) is 0. The molecular formula is C9H9NOS. The Hall–Kier alpha value is -1.27. The molecule has 0 spiro atoms. The van der Waals surface area contributed by atoms with Crippen LogP contribution in [0.25, 0.3) is 0 Å². The summed E-state index contributed by atoms with van der Waals surface area (Å²) >= 11 is 1.61. The van der Waals surface area contributed by atoms with E-state index in [1.165, 1.54) is 5.56 Å². The van der Waals surface area contributed by atoms with Crippen molar-refractivity contribution in [3.8, 4) is 11.8 Å². The molecule has 0 aliphatic carbocycles. The van der Waals surface area contributed by atoms with E-state index in [9.17, 15) is 4.79 Å². The number of hydrogen-bond donors (Lipinski definition) is 1. The lowest BCUT2D eigenvalue weighted by Crippen LogP contribution is -2.10. The van der Waals surface area contributed by atoms with Gasteiger partial charge in [-0.3, -0.25) is 4.79 Å². The third-order valence-electron chi connectivity index (χ3n) is 1.71. The Bertz CT molecular complexity index is 374. The largest absolute Gasteiger partial charge is 0.314 e. The zero-order chi connectivity index (χ0) is 8.39. The van der Waals surface area contributed by atoms with Gasteiger partial charge in [0.1, 0.15) is 0 Å². The minimum absolute atomic E-state index is 0. The Kier molecular flexibility index (Phi) is 1.84. The predicted molar refractivity (Wildman–Crippen MR) is 51.2 cm³/mol. The van der Waals surface area contributed by atoms with Crippen LogP contribution in [0.3, 0.4) is 0 Å². The molecule has 0 saturated heterocycles.